The Morgan fingerprint density at radius 3 is 2.48 bits per heavy atom. The molecule has 1 aromatic heterocycles. The van der Waals surface area contributed by atoms with E-state index in [2.05, 4.69) is 20.3 Å². The number of amides is 2. The molecule has 0 saturated carbocycles. The van der Waals surface area contributed by atoms with Gasteiger partial charge in [0.1, 0.15) is 17.3 Å². The standard InChI is InChI=1S/C16H22N6O6S/c1-22(2)14-17-13(19-16(20-14)27-4)18-15(23)21-29(24,25)12-8-6-5-7-11(12)28-10-9-26-3/h5-8H,9-10H2,1-4H3,(H2,17,18,19,20,21,23). The highest BCUT2D eigenvalue weighted by Gasteiger charge is 2.23. The number of urea groups is 1. The smallest absolute Gasteiger partial charge is 0.335 e. The van der Waals surface area contributed by atoms with Crippen LogP contribution in [-0.4, -0.2) is 70.9 Å². The normalized spacial score (nSPS) is 10.9. The summed E-state index contributed by atoms with van der Waals surface area (Å²) in [7, 11) is 1.98. The molecule has 0 bridgehead atoms. The number of carbonyl (C=O) groups is 1. The van der Waals surface area contributed by atoms with E-state index in [4.69, 9.17) is 14.2 Å². The van der Waals surface area contributed by atoms with Crippen LogP contribution in [0.3, 0.4) is 0 Å². The van der Waals surface area contributed by atoms with Gasteiger partial charge in [-0.2, -0.15) is 15.0 Å². The van der Waals surface area contributed by atoms with Crippen LogP contribution in [0, 0.1) is 0 Å². The summed E-state index contributed by atoms with van der Waals surface area (Å²) in [5.41, 5.74) is 0. The van der Waals surface area contributed by atoms with Crippen molar-refractivity contribution in [1.82, 2.24) is 19.7 Å². The van der Waals surface area contributed by atoms with Gasteiger partial charge in [-0.15, -0.1) is 0 Å². The number of nitrogens with one attached hydrogen (secondary N) is 2. The highest BCUT2D eigenvalue weighted by molar-refractivity contribution is 7.90. The summed E-state index contributed by atoms with van der Waals surface area (Å²) in [5.74, 6) is 0.117. The van der Waals surface area contributed by atoms with Crippen LogP contribution >= 0.6 is 0 Å². The summed E-state index contributed by atoms with van der Waals surface area (Å²) in [6, 6.07) is 4.81. The van der Waals surface area contributed by atoms with Gasteiger partial charge < -0.3 is 19.1 Å². The summed E-state index contributed by atoms with van der Waals surface area (Å²) in [5, 5.41) is 2.25. The van der Waals surface area contributed by atoms with Crippen molar-refractivity contribution in [2.24, 2.45) is 0 Å². The van der Waals surface area contributed by atoms with E-state index >= 15 is 0 Å². The number of sulfonamides is 1. The number of hydrogen-bond acceptors (Lipinski definition) is 10. The van der Waals surface area contributed by atoms with Crippen LogP contribution in [0.15, 0.2) is 29.2 Å². The quantitative estimate of drug-likeness (QED) is 0.543. The molecule has 2 amide bonds. The molecular weight excluding hydrogens is 404 g/mol. The van der Waals surface area contributed by atoms with Gasteiger partial charge in [-0.05, 0) is 12.1 Å². The average molecular weight is 426 g/mol. The third-order valence-corrected chi connectivity index (χ3v) is 4.69. The van der Waals surface area contributed by atoms with Gasteiger partial charge in [-0.1, -0.05) is 12.1 Å². The number of hydrogen-bond donors (Lipinski definition) is 2. The maximum atomic E-state index is 12.6. The van der Waals surface area contributed by atoms with Gasteiger partial charge in [0.2, 0.25) is 11.9 Å². The first-order valence-corrected chi connectivity index (χ1v) is 9.77. The number of carbonyl (C=O) groups excluding carboxylic acids is 1. The van der Waals surface area contributed by atoms with E-state index in [1.165, 1.54) is 32.4 Å². The lowest BCUT2D eigenvalue weighted by molar-refractivity contribution is 0.144. The van der Waals surface area contributed by atoms with Crippen LogP contribution in [-0.2, 0) is 14.8 Å². The summed E-state index contributed by atoms with van der Waals surface area (Å²) in [6.45, 7) is 0.422. The largest absolute Gasteiger partial charge is 0.490 e. The molecule has 158 valence electrons. The molecule has 2 N–H and O–H groups in total. The molecule has 0 saturated heterocycles. The van der Waals surface area contributed by atoms with Crippen LogP contribution < -0.4 is 24.4 Å². The number of nitrogens with zero attached hydrogens (tertiary/aromatic N) is 4. The fraction of sp³-hybridized carbons (Fsp3) is 0.375. The van der Waals surface area contributed by atoms with E-state index in [0.717, 1.165) is 0 Å². The monoisotopic (exact) mass is 426 g/mol. The number of methoxy groups -OCH3 is 2. The minimum Gasteiger partial charge on any atom is -0.490 e. The first-order chi connectivity index (χ1) is 13.8. The van der Waals surface area contributed by atoms with Crippen molar-refractivity contribution in [3.05, 3.63) is 24.3 Å². The molecule has 12 nitrogen and oxygen atoms in total. The van der Waals surface area contributed by atoms with Crippen molar-refractivity contribution in [3.8, 4) is 11.8 Å². The second-order valence-corrected chi connectivity index (χ2v) is 7.34. The molecule has 0 fully saturated rings. The molecule has 1 heterocycles. The molecule has 2 rings (SSSR count). The Balaban J connectivity index is 2.17. The molecule has 0 spiro atoms. The van der Waals surface area contributed by atoms with Crippen molar-refractivity contribution >= 4 is 28.0 Å². The molecule has 0 aliphatic carbocycles. The Morgan fingerprint density at radius 1 is 1.10 bits per heavy atom. The predicted molar refractivity (Wildman–Crippen MR) is 104 cm³/mol. The SMILES string of the molecule is COCCOc1ccccc1S(=O)(=O)NC(=O)Nc1nc(OC)nc(N(C)C)n1. The van der Waals surface area contributed by atoms with Gasteiger partial charge in [0.25, 0.3) is 10.0 Å². The Kier molecular flexibility index (Phi) is 7.50. The van der Waals surface area contributed by atoms with E-state index in [9.17, 15) is 13.2 Å². The van der Waals surface area contributed by atoms with Gasteiger partial charge in [0.15, 0.2) is 0 Å². The van der Waals surface area contributed by atoms with Crippen molar-refractivity contribution < 1.29 is 27.4 Å². The molecule has 0 unspecified atom stereocenters. The molecule has 2 aromatic rings. The molecule has 0 aliphatic rings. The second kappa shape index (κ2) is 9.84. The topological polar surface area (TPSA) is 145 Å². The number of para-hydroxylation sites is 1. The zero-order valence-electron chi connectivity index (χ0n) is 16.4. The van der Waals surface area contributed by atoms with Crippen molar-refractivity contribution in [1.29, 1.82) is 0 Å². The Hall–Kier alpha value is -3.19. The van der Waals surface area contributed by atoms with Crippen LogP contribution in [0.2, 0.25) is 0 Å². The summed E-state index contributed by atoms with van der Waals surface area (Å²) in [4.78, 5) is 25.5. The third-order valence-electron chi connectivity index (χ3n) is 3.32. The molecule has 0 atom stereocenters. The minimum absolute atomic E-state index is 0.0428. The highest BCUT2D eigenvalue weighted by Crippen LogP contribution is 2.23. The highest BCUT2D eigenvalue weighted by atomic mass is 32.2. The first kappa shape index (κ1) is 22.1. The fourth-order valence-corrected chi connectivity index (χ4v) is 3.08. The van der Waals surface area contributed by atoms with Crippen LogP contribution in [0.1, 0.15) is 0 Å². The van der Waals surface area contributed by atoms with Crippen LogP contribution in [0.25, 0.3) is 0 Å². The molecule has 1 aromatic carbocycles. The van der Waals surface area contributed by atoms with Crippen LogP contribution in [0.4, 0.5) is 16.7 Å². The van der Waals surface area contributed by atoms with E-state index in [1.807, 2.05) is 4.72 Å². The number of aromatic nitrogens is 3. The molecule has 29 heavy (non-hydrogen) atoms. The van der Waals surface area contributed by atoms with Gasteiger partial charge >= 0.3 is 12.0 Å². The van der Waals surface area contributed by atoms with Crippen molar-refractivity contribution in [3.63, 3.8) is 0 Å². The van der Waals surface area contributed by atoms with Crippen LogP contribution in [0.5, 0.6) is 11.8 Å². The Labute approximate surface area is 168 Å². The lowest BCUT2D eigenvalue weighted by Crippen LogP contribution is -2.35. The zero-order valence-corrected chi connectivity index (χ0v) is 17.2. The first-order valence-electron chi connectivity index (χ1n) is 8.28. The Bertz CT molecular complexity index is 953. The molecule has 13 heteroatoms. The predicted octanol–water partition coefficient (Wildman–Crippen LogP) is 0.482. The number of ether oxygens (including phenoxy) is 3. The minimum atomic E-state index is -4.23. The lowest BCUT2D eigenvalue weighted by Gasteiger charge is -2.14. The maximum Gasteiger partial charge on any atom is 0.335 e. The van der Waals surface area contributed by atoms with E-state index in [0.29, 0.717) is 0 Å². The average Bonchev–Trinajstić information content (AvgIpc) is 2.67. The van der Waals surface area contributed by atoms with Gasteiger partial charge in [0, 0.05) is 21.2 Å². The summed E-state index contributed by atoms with van der Waals surface area (Å²) < 4.78 is 42.4. The summed E-state index contributed by atoms with van der Waals surface area (Å²) in [6.07, 6.45) is 0. The van der Waals surface area contributed by atoms with Gasteiger partial charge in [0.05, 0.1) is 13.7 Å². The fourth-order valence-electron chi connectivity index (χ4n) is 2.02. The molecular formula is C16H22N6O6S. The number of anilines is 2. The van der Waals surface area contributed by atoms with Crippen molar-refractivity contribution in [2.75, 3.05) is 51.7 Å². The van der Waals surface area contributed by atoms with Gasteiger partial charge in [-0.25, -0.2) is 17.9 Å². The maximum absolute atomic E-state index is 12.6. The van der Waals surface area contributed by atoms with E-state index in [1.54, 1.807) is 25.1 Å². The third kappa shape index (κ3) is 6.15. The zero-order chi connectivity index (χ0) is 21.4. The number of rotatable bonds is 9. The Morgan fingerprint density at radius 2 is 1.83 bits per heavy atom. The second-order valence-electron chi connectivity index (χ2n) is 5.69. The van der Waals surface area contributed by atoms with Crippen molar-refractivity contribution in [2.45, 2.75) is 4.90 Å². The van der Waals surface area contributed by atoms with E-state index < -0.39 is 16.1 Å². The van der Waals surface area contributed by atoms with Gasteiger partial charge in [-0.3, -0.25) is 5.32 Å². The number of benzene rings is 1. The summed E-state index contributed by atoms with van der Waals surface area (Å²) >= 11 is 0. The lowest BCUT2D eigenvalue weighted by atomic mass is 10.3. The van der Waals surface area contributed by atoms with E-state index in [-0.39, 0.29) is 41.8 Å². The molecule has 0 aliphatic heterocycles. The molecule has 0 radical (unpaired) electrons.